The Morgan fingerprint density at radius 2 is 1.43 bits per heavy atom. The first-order chi connectivity index (χ1) is 21.8. The van der Waals surface area contributed by atoms with Gasteiger partial charge in [0.25, 0.3) is 0 Å². The third kappa shape index (κ3) is 8.17. The van der Waals surface area contributed by atoms with E-state index in [1.54, 1.807) is 31.2 Å². The first-order valence-electron chi connectivity index (χ1n) is 13.7. The molecule has 0 radical (unpaired) electrons. The number of aliphatic hydroxyl groups excluding tert-OH is 1. The molecule has 0 fully saturated rings. The van der Waals surface area contributed by atoms with Gasteiger partial charge in [-0.1, -0.05) is 18.2 Å². The fraction of sp³-hybridized carbons (Fsp3) is 0.242. The van der Waals surface area contributed by atoms with Crippen molar-refractivity contribution >= 4 is 12.0 Å². The summed E-state index contributed by atoms with van der Waals surface area (Å²) in [7, 11) is 1.28. The Kier molecular flexibility index (Phi) is 9.86. The highest BCUT2D eigenvalue weighted by molar-refractivity contribution is 5.88. The molecule has 3 aromatic carbocycles. The molecule has 0 aliphatic carbocycles. The van der Waals surface area contributed by atoms with Gasteiger partial charge in [-0.25, -0.2) is 4.98 Å². The predicted molar refractivity (Wildman–Crippen MR) is 154 cm³/mol. The van der Waals surface area contributed by atoms with Crippen molar-refractivity contribution in [3.05, 3.63) is 106 Å². The Labute approximate surface area is 262 Å². The fourth-order valence-electron chi connectivity index (χ4n) is 5.04. The van der Waals surface area contributed by atoms with Gasteiger partial charge in [0.15, 0.2) is 0 Å². The predicted octanol–water partition coefficient (Wildman–Crippen LogP) is 9.29. The van der Waals surface area contributed by atoms with Crippen LogP contribution in [0.1, 0.15) is 56.3 Å². The molecular weight excluding hydrogens is 643 g/mol. The molecule has 248 valence electrons. The summed E-state index contributed by atoms with van der Waals surface area (Å²) in [6, 6.07) is 9.69. The van der Waals surface area contributed by atoms with E-state index in [-0.39, 0.29) is 28.6 Å². The Morgan fingerprint density at radius 3 is 1.96 bits per heavy atom. The number of pyridine rings is 1. The highest BCUT2D eigenvalue weighted by Crippen LogP contribution is 2.40. The van der Waals surface area contributed by atoms with E-state index in [0.717, 1.165) is 18.2 Å². The van der Waals surface area contributed by atoms with Crippen molar-refractivity contribution in [3.63, 3.8) is 0 Å². The molecule has 0 spiro atoms. The van der Waals surface area contributed by atoms with Gasteiger partial charge in [0, 0.05) is 41.4 Å². The van der Waals surface area contributed by atoms with Crippen LogP contribution in [0.25, 0.3) is 22.3 Å². The van der Waals surface area contributed by atoms with Crippen LogP contribution in [0.15, 0.2) is 66.9 Å². The molecule has 4 rings (SSSR count). The maximum absolute atomic E-state index is 13.7. The number of rotatable bonds is 9. The minimum absolute atomic E-state index is 0.00661. The number of alkyl halides is 9. The molecule has 0 amide bonds. The number of nitrogens with zero attached hydrogens (tertiary/aromatic N) is 1. The number of ether oxygens (including phenoxy) is 1. The van der Waals surface area contributed by atoms with Gasteiger partial charge in [-0.2, -0.15) is 39.5 Å². The van der Waals surface area contributed by atoms with Gasteiger partial charge in [0.1, 0.15) is 6.29 Å². The number of carbonyl (C=O) groups excluding carboxylic acids is 1. The molecule has 5 nitrogen and oxygen atoms in total. The normalized spacial score (nSPS) is 12.9. The lowest BCUT2D eigenvalue weighted by Crippen LogP contribution is -2.15. The van der Waals surface area contributed by atoms with Crippen molar-refractivity contribution in [3.8, 4) is 28.1 Å². The maximum Gasteiger partial charge on any atom is 0.416 e. The third-order valence-corrected chi connectivity index (χ3v) is 7.30. The van der Waals surface area contributed by atoms with Gasteiger partial charge in [-0.05, 0) is 77.2 Å². The summed E-state index contributed by atoms with van der Waals surface area (Å²) in [5.41, 5.74) is -3.12. The van der Waals surface area contributed by atoms with E-state index in [2.05, 4.69) is 4.98 Å². The summed E-state index contributed by atoms with van der Waals surface area (Å²) >= 11 is 0. The molecule has 0 saturated heterocycles. The minimum Gasteiger partial charge on any atom is -0.481 e. The summed E-state index contributed by atoms with van der Waals surface area (Å²) in [6.45, 7) is 1.74. The van der Waals surface area contributed by atoms with Crippen molar-refractivity contribution in [2.75, 3.05) is 7.11 Å². The van der Waals surface area contributed by atoms with Gasteiger partial charge in [0.05, 0.1) is 29.9 Å². The number of hydrogen-bond donors (Lipinski definition) is 2. The molecule has 1 aromatic heterocycles. The van der Waals surface area contributed by atoms with Crippen molar-refractivity contribution in [1.29, 1.82) is 5.41 Å². The zero-order valence-corrected chi connectivity index (χ0v) is 24.5. The molecular formula is C33H25F9N2O3. The smallest absolute Gasteiger partial charge is 0.416 e. The van der Waals surface area contributed by atoms with E-state index >= 15 is 0 Å². The first-order valence-corrected chi connectivity index (χ1v) is 13.7. The van der Waals surface area contributed by atoms with E-state index < -0.39 is 65.4 Å². The Morgan fingerprint density at radius 1 is 0.830 bits per heavy atom. The summed E-state index contributed by atoms with van der Waals surface area (Å²) in [5.74, 6) is 0.00661. The number of aromatic nitrogens is 1. The van der Waals surface area contributed by atoms with Gasteiger partial charge in [-0.3, -0.25) is 4.79 Å². The number of aliphatic hydroxyl groups is 1. The lowest BCUT2D eigenvalue weighted by Gasteiger charge is -2.19. The van der Waals surface area contributed by atoms with Crippen molar-refractivity contribution < 1.29 is 54.2 Å². The molecule has 14 heteroatoms. The van der Waals surface area contributed by atoms with Crippen LogP contribution in [0, 0.1) is 12.3 Å². The second-order valence-electron chi connectivity index (χ2n) is 10.7. The number of nitrogens with one attached hydrogen (secondary N) is 1. The van der Waals surface area contributed by atoms with Crippen molar-refractivity contribution in [1.82, 2.24) is 4.98 Å². The lowest BCUT2D eigenvalue weighted by molar-refractivity contribution is -0.143. The van der Waals surface area contributed by atoms with Crippen LogP contribution in [0.2, 0.25) is 0 Å². The molecule has 0 aliphatic heterocycles. The van der Waals surface area contributed by atoms with Gasteiger partial charge >= 0.3 is 18.5 Å². The molecule has 0 saturated carbocycles. The van der Waals surface area contributed by atoms with Crippen molar-refractivity contribution in [2.24, 2.45) is 0 Å². The molecule has 1 unspecified atom stereocenters. The minimum atomic E-state index is -5.17. The van der Waals surface area contributed by atoms with Gasteiger partial charge in [-0.15, -0.1) is 0 Å². The molecule has 1 heterocycles. The number of aryl methyl sites for hydroxylation is 1. The van der Waals surface area contributed by atoms with E-state index in [9.17, 15) is 49.4 Å². The van der Waals surface area contributed by atoms with Gasteiger partial charge in [0.2, 0.25) is 5.88 Å². The largest absolute Gasteiger partial charge is 0.481 e. The van der Waals surface area contributed by atoms with Crippen LogP contribution in [0.5, 0.6) is 5.88 Å². The highest BCUT2D eigenvalue weighted by atomic mass is 19.4. The molecule has 0 aliphatic rings. The summed E-state index contributed by atoms with van der Waals surface area (Å²) in [4.78, 5) is 15.5. The van der Waals surface area contributed by atoms with Crippen molar-refractivity contribution in [2.45, 2.75) is 44.4 Å². The quantitative estimate of drug-likeness (QED) is 0.106. The Bertz CT molecular complexity index is 1780. The van der Waals surface area contributed by atoms with Crippen LogP contribution in [0.3, 0.4) is 0 Å². The molecule has 2 N–H and O–H groups in total. The molecule has 1 atom stereocenters. The van der Waals surface area contributed by atoms with E-state index in [1.165, 1.54) is 13.3 Å². The van der Waals surface area contributed by atoms with E-state index in [4.69, 9.17) is 10.1 Å². The summed E-state index contributed by atoms with van der Waals surface area (Å²) in [6.07, 6.45) is -16.4. The SMILES string of the molecule is COc1ncc(-c2ccc(C=O)cc2C)cc1-c1ccc(C(F)(F)F)cc1CC(=N)CC(O)c1cc(C(F)(F)F)cc(C(F)(F)F)c1. The van der Waals surface area contributed by atoms with Crippen LogP contribution >= 0.6 is 0 Å². The average Bonchev–Trinajstić information content (AvgIpc) is 2.99. The number of carbonyl (C=O) groups is 1. The summed E-state index contributed by atoms with van der Waals surface area (Å²) in [5, 5.41) is 19.0. The second-order valence-corrected chi connectivity index (χ2v) is 10.7. The highest BCUT2D eigenvalue weighted by Gasteiger charge is 2.38. The second kappa shape index (κ2) is 13.2. The van der Waals surface area contributed by atoms with Gasteiger partial charge < -0.3 is 15.3 Å². The monoisotopic (exact) mass is 668 g/mol. The lowest BCUT2D eigenvalue weighted by atomic mass is 9.90. The number of hydrogen-bond acceptors (Lipinski definition) is 5. The molecule has 47 heavy (non-hydrogen) atoms. The number of aldehydes is 1. The standard InChI is InChI=1S/C33H25F9N2O3/c1-17-7-18(16-45)3-5-26(17)21-12-28(30(47-2)44-15-21)27-6-4-22(31(34,35)36)8-19(27)11-25(43)14-29(46)20-9-23(32(37,38)39)13-24(10-20)33(40,41)42/h3-10,12-13,15-16,29,43,46H,11,14H2,1-2H3. The topological polar surface area (TPSA) is 83.3 Å². The number of methoxy groups -OCH3 is 1. The Balaban J connectivity index is 1.75. The average molecular weight is 669 g/mol. The first kappa shape index (κ1) is 35.1. The fourth-order valence-corrected chi connectivity index (χ4v) is 5.04. The molecule has 0 bridgehead atoms. The van der Waals surface area contributed by atoms with Crippen LogP contribution in [0.4, 0.5) is 39.5 Å². The number of benzene rings is 3. The summed E-state index contributed by atoms with van der Waals surface area (Å²) < 4.78 is 127. The Hall–Kier alpha value is -4.72. The third-order valence-electron chi connectivity index (χ3n) is 7.30. The number of halogens is 9. The van der Waals surface area contributed by atoms with Crippen LogP contribution in [-0.4, -0.2) is 29.2 Å². The van der Waals surface area contributed by atoms with E-state index in [0.29, 0.717) is 40.7 Å². The maximum atomic E-state index is 13.7. The van der Waals surface area contributed by atoms with Crippen LogP contribution in [-0.2, 0) is 24.9 Å². The molecule has 4 aromatic rings. The zero-order chi connectivity index (χ0) is 34.9. The van der Waals surface area contributed by atoms with E-state index in [1.807, 2.05) is 0 Å². The van der Waals surface area contributed by atoms with Crippen LogP contribution < -0.4 is 4.74 Å². The zero-order valence-electron chi connectivity index (χ0n) is 24.5.